The van der Waals surface area contributed by atoms with Gasteiger partial charge in [0.15, 0.2) is 5.54 Å². The van der Waals surface area contributed by atoms with E-state index in [-0.39, 0.29) is 6.04 Å². The Labute approximate surface area is 138 Å². The molecule has 2 atom stereocenters. The highest BCUT2D eigenvalue weighted by Gasteiger charge is 2.48. The molecule has 1 amide bonds. The second kappa shape index (κ2) is 7.13. The molecule has 5 heteroatoms. The summed E-state index contributed by atoms with van der Waals surface area (Å²) in [6, 6.07) is 9.25. The summed E-state index contributed by atoms with van der Waals surface area (Å²) < 4.78 is 5.35. The lowest BCUT2D eigenvalue weighted by atomic mass is 9.85. The van der Waals surface area contributed by atoms with Crippen molar-refractivity contribution in [3.05, 3.63) is 35.9 Å². The van der Waals surface area contributed by atoms with Gasteiger partial charge in [0.05, 0.1) is 6.04 Å². The first kappa shape index (κ1) is 19.2. The van der Waals surface area contributed by atoms with Crippen LogP contribution < -0.4 is 11.1 Å². The molecule has 1 rings (SSSR count). The number of nitrogens with one attached hydrogen (secondary N) is 1. The second-order valence-electron chi connectivity index (χ2n) is 7.13. The van der Waals surface area contributed by atoms with Gasteiger partial charge >= 0.3 is 5.97 Å². The van der Waals surface area contributed by atoms with E-state index in [4.69, 9.17) is 10.5 Å². The molecular weight excluding hydrogens is 292 g/mol. The highest BCUT2D eigenvalue weighted by Crippen LogP contribution is 2.22. The summed E-state index contributed by atoms with van der Waals surface area (Å²) in [5.41, 5.74) is 4.68. The van der Waals surface area contributed by atoms with Crippen LogP contribution in [-0.2, 0) is 14.3 Å². The number of benzene rings is 1. The summed E-state index contributed by atoms with van der Waals surface area (Å²) in [6.07, 6.45) is 0. The van der Waals surface area contributed by atoms with Gasteiger partial charge < -0.3 is 15.8 Å². The maximum absolute atomic E-state index is 12.7. The predicted molar refractivity (Wildman–Crippen MR) is 90.6 cm³/mol. The van der Waals surface area contributed by atoms with E-state index >= 15 is 0 Å². The molecule has 0 aliphatic heterocycles. The highest BCUT2D eigenvalue weighted by atomic mass is 16.6. The Morgan fingerprint density at radius 2 is 1.61 bits per heavy atom. The Hall–Kier alpha value is -1.88. The predicted octanol–water partition coefficient (Wildman–Crippen LogP) is 2.56. The van der Waals surface area contributed by atoms with Crippen molar-refractivity contribution < 1.29 is 14.3 Å². The van der Waals surface area contributed by atoms with Crippen LogP contribution in [0.1, 0.15) is 53.1 Å². The number of nitrogens with two attached hydrogens (primary N) is 1. The average molecular weight is 320 g/mol. The monoisotopic (exact) mass is 320 g/mol. The average Bonchev–Trinajstić information content (AvgIpc) is 2.44. The quantitative estimate of drug-likeness (QED) is 0.645. The van der Waals surface area contributed by atoms with Crippen molar-refractivity contribution in [1.82, 2.24) is 5.32 Å². The SMILES string of the molecule is CC(NC(=O)[C@](N)(C(=O)OC(C)(C)C)C(C)C)c1ccccc1. The topological polar surface area (TPSA) is 81.4 Å². The zero-order chi connectivity index (χ0) is 17.8. The lowest BCUT2D eigenvalue weighted by Crippen LogP contribution is -2.64. The first-order valence-electron chi connectivity index (χ1n) is 7.86. The summed E-state index contributed by atoms with van der Waals surface area (Å²) in [7, 11) is 0. The Morgan fingerprint density at radius 1 is 1.09 bits per heavy atom. The van der Waals surface area contributed by atoms with Crippen molar-refractivity contribution in [3.63, 3.8) is 0 Å². The van der Waals surface area contributed by atoms with Crippen LogP contribution in [0, 0.1) is 5.92 Å². The Kier molecular flexibility index (Phi) is 5.94. The minimum Gasteiger partial charge on any atom is -0.458 e. The molecule has 0 aliphatic carbocycles. The number of hydrogen-bond donors (Lipinski definition) is 2. The Morgan fingerprint density at radius 3 is 2.04 bits per heavy atom. The van der Waals surface area contributed by atoms with E-state index in [1.165, 1.54) is 0 Å². The van der Waals surface area contributed by atoms with Crippen LogP contribution in [0.3, 0.4) is 0 Å². The van der Waals surface area contributed by atoms with Gasteiger partial charge in [-0.3, -0.25) is 4.79 Å². The molecule has 0 radical (unpaired) electrons. The van der Waals surface area contributed by atoms with Crippen LogP contribution in [0.25, 0.3) is 0 Å². The first-order valence-corrected chi connectivity index (χ1v) is 7.86. The van der Waals surface area contributed by atoms with Crippen molar-refractivity contribution in [2.75, 3.05) is 0 Å². The number of carbonyl (C=O) groups excluding carboxylic acids is 2. The van der Waals surface area contributed by atoms with Crippen molar-refractivity contribution in [2.45, 2.75) is 58.7 Å². The Balaban J connectivity index is 2.96. The van der Waals surface area contributed by atoms with E-state index in [1.807, 2.05) is 37.3 Å². The number of ether oxygens (including phenoxy) is 1. The van der Waals surface area contributed by atoms with E-state index in [0.717, 1.165) is 5.56 Å². The molecule has 0 aromatic heterocycles. The van der Waals surface area contributed by atoms with E-state index < -0.39 is 28.9 Å². The van der Waals surface area contributed by atoms with Crippen LogP contribution in [0.15, 0.2) is 30.3 Å². The minimum absolute atomic E-state index is 0.257. The summed E-state index contributed by atoms with van der Waals surface area (Å²) in [5.74, 6) is -1.64. The van der Waals surface area contributed by atoms with E-state index in [9.17, 15) is 9.59 Å². The molecule has 0 spiro atoms. The molecule has 3 N–H and O–H groups in total. The van der Waals surface area contributed by atoms with Gasteiger partial charge in [-0.1, -0.05) is 44.2 Å². The van der Waals surface area contributed by atoms with Crippen LogP contribution in [0.4, 0.5) is 0 Å². The maximum Gasteiger partial charge on any atom is 0.336 e. The van der Waals surface area contributed by atoms with Crippen LogP contribution >= 0.6 is 0 Å². The lowest BCUT2D eigenvalue weighted by Gasteiger charge is -2.33. The van der Waals surface area contributed by atoms with Crippen LogP contribution in [-0.4, -0.2) is 23.0 Å². The molecule has 0 aliphatic rings. The molecule has 1 aromatic rings. The zero-order valence-corrected chi connectivity index (χ0v) is 14.8. The number of rotatable bonds is 5. The van der Waals surface area contributed by atoms with Gasteiger partial charge in [-0.2, -0.15) is 0 Å². The molecule has 1 aromatic carbocycles. The molecule has 0 heterocycles. The summed E-state index contributed by atoms with van der Waals surface area (Å²) in [4.78, 5) is 25.2. The molecule has 1 unspecified atom stereocenters. The number of hydrogen-bond acceptors (Lipinski definition) is 4. The van der Waals surface area contributed by atoms with Gasteiger partial charge in [0.1, 0.15) is 5.60 Å². The summed E-state index contributed by atoms with van der Waals surface area (Å²) in [6.45, 7) is 10.6. The van der Waals surface area contributed by atoms with Crippen molar-refractivity contribution in [3.8, 4) is 0 Å². The normalized spacial score (nSPS) is 15.7. The van der Waals surface area contributed by atoms with E-state index in [2.05, 4.69) is 5.32 Å². The van der Waals surface area contributed by atoms with Crippen molar-refractivity contribution in [1.29, 1.82) is 0 Å². The third-order valence-corrected chi connectivity index (χ3v) is 3.67. The van der Waals surface area contributed by atoms with E-state index in [0.29, 0.717) is 0 Å². The van der Waals surface area contributed by atoms with Crippen molar-refractivity contribution in [2.24, 2.45) is 11.7 Å². The van der Waals surface area contributed by atoms with Crippen LogP contribution in [0.5, 0.6) is 0 Å². The zero-order valence-electron chi connectivity index (χ0n) is 14.8. The standard InChI is InChI=1S/C18H28N2O3/c1-12(2)18(19,16(22)23-17(4,5)6)15(21)20-13(3)14-10-8-7-9-11-14/h7-13H,19H2,1-6H3,(H,20,21)/t13?,18-/m0/s1. The van der Waals surface area contributed by atoms with Gasteiger partial charge in [-0.15, -0.1) is 0 Å². The number of esters is 1. The molecule has 0 saturated heterocycles. The fraction of sp³-hybridized carbons (Fsp3) is 0.556. The fourth-order valence-corrected chi connectivity index (χ4v) is 2.09. The van der Waals surface area contributed by atoms with Gasteiger partial charge in [-0.05, 0) is 39.2 Å². The van der Waals surface area contributed by atoms with Crippen LogP contribution in [0.2, 0.25) is 0 Å². The minimum atomic E-state index is -1.73. The molecule has 0 bridgehead atoms. The van der Waals surface area contributed by atoms with Gasteiger partial charge in [-0.25, -0.2) is 4.79 Å². The smallest absolute Gasteiger partial charge is 0.336 e. The molecule has 0 fully saturated rings. The largest absolute Gasteiger partial charge is 0.458 e. The van der Waals surface area contributed by atoms with Crippen molar-refractivity contribution >= 4 is 11.9 Å². The molecule has 23 heavy (non-hydrogen) atoms. The molecule has 5 nitrogen and oxygen atoms in total. The second-order valence-corrected chi connectivity index (χ2v) is 7.13. The number of amides is 1. The third kappa shape index (κ3) is 4.79. The fourth-order valence-electron chi connectivity index (χ4n) is 2.09. The Bertz CT molecular complexity index is 549. The third-order valence-electron chi connectivity index (χ3n) is 3.67. The molecule has 0 saturated carbocycles. The summed E-state index contributed by atoms with van der Waals surface area (Å²) >= 11 is 0. The first-order chi connectivity index (χ1) is 10.5. The highest BCUT2D eigenvalue weighted by molar-refractivity contribution is 6.07. The van der Waals surface area contributed by atoms with Gasteiger partial charge in [0, 0.05) is 0 Å². The maximum atomic E-state index is 12.7. The van der Waals surface area contributed by atoms with E-state index in [1.54, 1.807) is 34.6 Å². The number of carbonyl (C=O) groups is 2. The molecule has 128 valence electrons. The molecular formula is C18H28N2O3. The summed E-state index contributed by atoms with van der Waals surface area (Å²) in [5, 5.41) is 2.82. The van der Waals surface area contributed by atoms with Gasteiger partial charge in [0.25, 0.3) is 5.91 Å². The lowest BCUT2D eigenvalue weighted by molar-refractivity contribution is -0.166. The van der Waals surface area contributed by atoms with Gasteiger partial charge in [0.2, 0.25) is 0 Å².